The van der Waals surface area contributed by atoms with Gasteiger partial charge in [0.2, 0.25) is 0 Å². The van der Waals surface area contributed by atoms with Crippen molar-refractivity contribution in [3.05, 3.63) is 48.6 Å². The average molecular weight is 218 g/mol. The van der Waals surface area contributed by atoms with E-state index in [4.69, 9.17) is 4.74 Å². The van der Waals surface area contributed by atoms with Gasteiger partial charge in [-0.1, -0.05) is 43.3 Å². The van der Waals surface area contributed by atoms with Gasteiger partial charge < -0.3 is 4.74 Å². The van der Waals surface area contributed by atoms with E-state index >= 15 is 0 Å². The number of allylic oxidation sites excluding steroid dienone is 1. The van der Waals surface area contributed by atoms with Crippen LogP contribution in [0.2, 0.25) is 0 Å². The minimum absolute atomic E-state index is 0.150. The van der Waals surface area contributed by atoms with Crippen LogP contribution in [0.5, 0.6) is 0 Å². The second-order valence-electron chi connectivity index (χ2n) is 3.82. The molecule has 0 heterocycles. The molecule has 0 aromatic heterocycles. The predicted molar refractivity (Wildman–Crippen MR) is 65.2 cm³/mol. The number of esters is 1. The highest BCUT2D eigenvalue weighted by Crippen LogP contribution is 2.14. The molecule has 0 N–H and O–H groups in total. The van der Waals surface area contributed by atoms with Crippen molar-refractivity contribution < 1.29 is 9.53 Å². The first-order valence-corrected chi connectivity index (χ1v) is 5.55. The highest BCUT2D eigenvalue weighted by Gasteiger charge is 2.08. The molecule has 0 saturated heterocycles. The highest BCUT2D eigenvalue weighted by atomic mass is 16.5. The quantitative estimate of drug-likeness (QED) is 0.541. The zero-order valence-corrected chi connectivity index (χ0v) is 9.69. The summed E-state index contributed by atoms with van der Waals surface area (Å²) in [6.45, 7) is 6.06. The molecule has 2 nitrogen and oxygen atoms in total. The summed E-state index contributed by atoms with van der Waals surface area (Å²) in [5, 5.41) is 0. The molecule has 0 saturated carbocycles. The fourth-order valence-corrected chi connectivity index (χ4v) is 1.39. The third kappa shape index (κ3) is 4.30. The number of ether oxygens (including phenoxy) is 1. The lowest BCUT2D eigenvalue weighted by Crippen LogP contribution is -2.10. The third-order valence-corrected chi connectivity index (χ3v) is 2.42. The van der Waals surface area contributed by atoms with Crippen LogP contribution in [0.4, 0.5) is 0 Å². The SMILES string of the molecule is C=CCCC(=O)OCC(C)c1ccccc1. The monoisotopic (exact) mass is 218 g/mol. The van der Waals surface area contributed by atoms with Crippen LogP contribution in [-0.4, -0.2) is 12.6 Å². The molecule has 0 radical (unpaired) electrons. The molecule has 1 aromatic carbocycles. The van der Waals surface area contributed by atoms with Crippen LogP contribution in [0.1, 0.15) is 31.2 Å². The standard InChI is InChI=1S/C14H18O2/c1-3-4-10-14(15)16-11-12(2)13-8-6-5-7-9-13/h3,5-9,12H,1,4,10-11H2,2H3. The summed E-state index contributed by atoms with van der Waals surface area (Å²) >= 11 is 0. The summed E-state index contributed by atoms with van der Waals surface area (Å²) < 4.78 is 5.17. The van der Waals surface area contributed by atoms with Gasteiger partial charge in [-0.2, -0.15) is 0 Å². The summed E-state index contributed by atoms with van der Waals surface area (Å²) in [5.41, 5.74) is 1.19. The number of hydrogen-bond acceptors (Lipinski definition) is 2. The molecule has 0 aliphatic rings. The lowest BCUT2D eigenvalue weighted by Gasteiger charge is -2.12. The molecule has 0 aliphatic carbocycles. The van der Waals surface area contributed by atoms with Gasteiger partial charge in [0.15, 0.2) is 0 Å². The van der Waals surface area contributed by atoms with Crippen molar-refractivity contribution in [2.24, 2.45) is 0 Å². The molecule has 86 valence electrons. The van der Waals surface area contributed by atoms with Crippen LogP contribution in [0.25, 0.3) is 0 Å². The van der Waals surface area contributed by atoms with E-state index in [2.05, 4.69) is 13.5 Å². The molecule has 0 amide bonds. The Morgan fingerprint density at radius 1 is 1.44 bits per heavy atom. The Bertz CT molecular complexity index is 330. The van der Waals surface area contributed by atoms with Crippen molar-refractivity contribution in [1.82, 2.24) is 0 Å². The van der Waals surface area contributed by atoms with Crippen molar-refractivity contribution in [2.45, 2.75) is 25.7 Å². The molecule has 0 aliphatic heterocycles. The normalized spacial score (nSPS) is 11.8. The molecule has 1 rings (SSSR count). The number of hydrogen-bond donors (Lipinski definition) is 0. The van der Waals surface area contributed by atoms with E-state index in [9.17, 15) is 4.79 Å². The Morgan fingerprint density at radius 2 is 2.12 bits per heavy atom. The van der Waals surface area contributed by atoms with Gasteiger partial charge in [0.25, 0.3) is 0 Å². The van der Waals surface area contributed by atoms with Crippen LogP contribution in [-0.2, 0) is 9.53 Å². The Kier molecular flexibility index (Phi) is 5.34. The highest BCUT2D eigenvalue weighted by molar-refractivity contribution is 5.69. The zero-order valence-electron chi connectivity index (χ0n) is 9.69. The first kappa shape index (κ1) is 12.5. The van der Waals surface area contributed by atoms with Gasteiger partial charge in [0, 0.05) is 12.3 Å². The molecule has 1 atom stereocenters. The second-order valence-corrected chi connectivity index (χ2v) is 3.82. The van der Waals surface area contributed by atoms with E-state index < -0.39 is 0 Å². The van der Waals surface area contributed by atoms with Gasteiger partial charge in [0.1, 0.15) is 0 Å². The molecule has 0 fully saturated rings. The van der Waals surface area contributed by atoms with Gasteiger partial charge in [-0.05, 0) is 12.0 Å². The predicted octanol–water partition coefficient (Wildman–Crippen LogP) is 3.30. The van der Waals surface area contributed by atoms with Gasteiger partial charge in [-0.3, -0.25) is 4.79 Å². The van der Waals surface area contributed by atoms with E-state index in [1.165, 1.54) is 5.56 Å². The van der Waals surface area contributed by atoms with Gasteiger partial charge in [-0.15, -0.1) is 6.58 Å². The van der Waals surface area contributed by atoms with Gasteiger partial charge in [-0.25, -0.2) is 0 Å². The van der Waals surface area contributed by atoms with Crippen molar-refractivity contribution in [1.29, 1.82) is 0 Å². The summed E-state index contributed by atoms with van der Waals surface area (Å²) in [6, 6.07) is 10.0. The molecule has 1 unspecified atom stereocenters. The van der Waals surface area contributed by atoms with E-state index in [1.807, 2.05) is 30.3 Å². The lowest BCUT2D eigenvalue weighted by atomic mass is 10.0. The fourth-order valence-electron chi connectivity index (χ4n) is 1.39. The topological polar surface area (TPSA) is 26.3 Å². The molecule has 0 spiro atoms. The van der Waals surface area contributed by atoms with Crippen LogP contribution in [0.3, 0.4) is 0 Å². The van der Waals surface area contributed by atoms with E-state index in [-0.39, 0.29) is 11.9 Å². The summed E-state index contributed by atoms with van der Waals surface area (Å²) in [4.78, 5) is 11.3. The second kappa shape index (κ2) is 6.83. The van der Waals surface area contributed by atoms with Crippen molar-refractivity contribution in [3.63, 3.8) is 0 Å². The summed E-state index contributed by atoms with van der Waals surface area (Å²) in [6.07, 6.45) is 2.82. The van der Waals surface area contributed by atoms with E-state index in [0.717, 1.165) is 0 Å². The van der Waals surface area contributed by atoms with E-state index in [1.54, 1.807) is 6.08 Å². The summed E-state index contributed by atoms with van der Waals surface area (Å²) in [5.74, 6) is 0.0940. The zero-order chi connectivity index (χ0) is 11.8. The van der Waals surface area contributed by atoms with Crippen LogP contribution in [0, 0.1) is 0 Å². The molecule has 0 bridgehead atoms. The van der Waals surface area contributed by atoms with Crippen LogP contribution >= 0.6 is 0 Å². The lowest BCUT2D eigenvalue weighted by molar-refractivity contribution is -0.144. The maximum atomic E-state index is 11.3. The number of carbonyl (C=O) groups is 1. The maximum Gasteiger partial charge on any atom is 0.306 e. The smallest absolute Gasteiger partial charge is 0.306 e. The average Bonchev–Trinajstić information content (AvgIpc) is 2.34. The molecular formula is C14H18O2. The molecular weight excluding hydrogens is 200 g/mol. The molecule has 16 heavy (non-hydrogen) atoms. The molecule has 2 heteroatoms. The Morgan fingerprint density at radius 3 is 2.75 bits per heavy atom. The maximum absolute atomic E-state index is 11.3. The van der Waals surface area contributed by atoms with Crippen LogP contribution in [0.15, 0.2) is 43.0 Å². The van der Waals surface area contributed by atoms with Crippen molar-refractivity contribution >= 4 is 5.97 Å². The minimum atomic E-state index is -0.150. The fraction of sp³-hybridized carbons (Fsp3) is 0.357. The largest absolute Gasteiger partial charge is 0.465 e. The Labute approximate surface area is 96.9 Å². The van der Waals surface area contributed by atoms with Crippen molar-refractivity contribution in [3.8, 4) is 0 Å². The number of benzene rings is 1. The Balaban J connectivity index is 2.33. The van der Waals surface area contributed by atoms with Crippen molar-refractivity contribution in [2.75, 3.05) is 6.61 Å². The first-order valence-electron chi connectivity index (χ1n) is 5.55. The number of rotatable bonds is 6. The molecule has 1 aromatic rings. The van der Waals surface area contributed by atoms with Gasteiger partial charge >= 0.3 is 5.97 Å². The van der Waals surface area contributed by atoms with Crippen LogP contribution < -0.4 is 0 Å². The first-order chi connectivity index (χ1) is 7.74. The minimum Gasteiger partial charge on any atom is -0.465 e. The van der Waals surface area contributed by atoms with E-state index in [0.29, 0.717) is 19.4 Å². The third-order valence-electron chi connectivity index (χ3n) is 2.42. The summed E-state index contributed by atoms with van der Waals surface area (Å²) in [7, 11) is 0. The Hall–Kier alpha value is -1.57. The van der Waals surface area contributed by atoms with Gasteiger partial charge in [0.05, 0.1) is 6.61 Å². The number of carbonyl (C=O) groups excluding carboxylic acids is 1.